The third-order valence-corrected chi connectivity index (χ3v) is 2.76. The van der Waals surface area contributed by atoms with Crippen molar-refractivity contribution in [3.63, 3.8) is 0 Å². The summed E-state index contributed by atoms with van der Waals surface area (Å²) in [5, 5.41) is 16.8. The highest BCUT2D eigenvalue weighted by Crippen LogP contribution is 2.10. The molecule has 0 bridgehead atoms. The van der Waals surface area contributed by atoms with E-state index in [4.69, 9.17) is 10.2 Å². The molecule has 4 nitrogen and oxygen atoms in total. The summed E-state index contributed by atoms with van der Waals surface area (Å²) in [6.45, 7) is 0. The first kappa shape index (κ1) is 17.4. The average Bonchev–Trinajstić information content (AvgIpc) is 2.34. The Morgan fingerprint density at radius 1 is 0.632 bits per heavy atom. The maximum absolute atomic E-state index is 10.2. The predicted octanol–water partition coefficient (Wildman–Crippen LogP) is 3.78. The van der Waals surface area contributed by atoms with E-state index in [1.165, 1.54) is 31.4 Å². The zero-order chi connectivity index (χ0) is 14.3. The third kappa shape index (κ3) is 16.4. The third-order valence-electron chi connectivity index (χ3n) is 2.76. The van der Waals surface area contributed by atoms with Crippen molar-refractivity contribution < 1.29 is 19.8 Å². The number of rotatable bonds is 12. The van der Waals surface area contributed by atoms with E-state index in [1.807, 2.05) is 0 Å². The van der Waals surface area contributed by atoms with Gasteiger partial charge < -0.3 is 10.2 Å². The molecule has 0 amide bonds. The molecule has 0 spiro atoms. The summed E-state index contributed by atoms with van der Waals surface area (Å²) in [4.78, 5) is 20.4. The van der Waals surface area contributed by atoms with Crippen LogP contribution < -0.4 is 0 Å². The lowest BCUT2D eigenvalue weighted by Crippen LogP contribution is -1.86. The molecule has 4 heteroatoms. The van der Waals surface area contributed by atoms with Crippen molar-refractivity contribution in [3.05, 3.63) is 24.3 Å². The second-order valence-corrected chi connectivity index (χ2v) is 4.53. The molecule has 0 rings (SSSR count). The quantitative estimate of drug-likeness (QED) is 0.417. The largest absolute Gasteiger partial charge is 0.478 e. The van der Waals surface area contributed by atoms with E-state index in [0.717, 1.165) is 38.5 Å². The molecule has 19 heavy (non-hydrogen) atoms. The fourth-order valence-electron chi connectivity index (χ4n) is 1.78. The normalized spacial score (nSPS) is 11.4. The van der Waals surface area contributed by atoms with Crippen molar-refractivity contribution in [2.45, 2.75) is 57.8 Å². The Labute approximate surface area is 114 Å². The summed E-state index contributed by atoms with van der Waals surface area (Å²) in [5.74, 6) is -1.76. The van der Waals surface area contributed by atoms with Crippen LogP contribution in [0.25, 0.3) is 0 Å². The van der Waals surface area contributed by atoms with E-state index in [0.29, 0.717) is 0 Å². The molecule has 0 heterocycles. The molecule has 0 saturated heterocycles. The smallest absolute Gasteiger partial charge is 0.327 e. The van der Waals surface area contributed by atoms with Crippen molar-refractivity contribution in [3.8, 4) is 0 Å². The minimum absolute atomic E-state index is 0.840. The standard InChI is InChI=1S/C15H24O4/c16-14(17)12-10-8-6-4-2-1-3-5-7-9-11-13-15(18)19/h10-13H,1-9H2,(H,16,17)(H,18,19)/b12-10+,13-11+. The maximum atomic E-state index is 10.2. The summed E-state index contributed by atoms with van der Waals surface area (Å²) in [7, 11) is 0. The first-order chi connectivity index (χ1) is 9.13. The highest BCUT2D eigenvalue weighted by molar-refractivity contribution is 5.79. The van der Waals surface area contributed by atoms with E-state index in [2.05, 4.69) is 0 Å². The van der Waals surface area contributed by atoms with Gasteiger partial charge in [0, 0.05) is 12.2 Å². The number of allylic oxidation sites excluding steroid dienone is 2. The van der Waals surface area contributed by atoms with Crippen LogP contribution in [0.15, 0.2) is 24.3 Å². The monoisotopic (exact) mass is 268 g/mol. The van der Waals surface area contributed by atoms with E-state index >= 15 is 0 Å². The Morgan fingerprint density at radius 2 is 0.947 bits per heavy atom. The van der Waals surface area contributed by atoms with Gasteiger partial charge in [-0.3, -0.25) is 0 Å². The van der Waals surface area contributed by atoms with Crippen molar-refractivity contribution in [2.24, 2.45) is 0 Å². The van der Waals surface area contributed by atoms with E-state index in [1.54, 1.807) is 12.2 Å². The van der Waals surface area contributed by atoms with Crippen molar-refractivity contribution in [2.75, 3.05) is 0 Å². The van der Waals surface area contributed by atoms with Gasteiger partial charge >= 0.3 is 11.9 Å². The number of aliphatic carboxylic acids is 2. The lowest BCUT2D eigenvalue weighted by Gasteiger charge is -1.99. The van der Waals surface area contributed by atoms with Crippen molar-refractivity contribution in [1.82, 2.24) is 0 Å². The topological polar surface area (TPSA) is 74.6 Å². The van der Waals surface area contributed by atoms with E-state index < -0.39 is 11.9 Å². The Bertz CT molecular complexity index is 275. The summed E-state index contributed by atoms with van der Waals surface area (Å²) in [6, 6.07) is 0. The van der Waals surface area contributed by atoms with Gasteiger partial charge in [0.05, 0.1) is 0 Å². The lowest BCUT2D eigenvalue weighted by molar-refractivity contribution is -0.132. The maximum Gasteiger partial charge on any atom is 0.327 e. The molecule has 0 saturated carbocycles. The number of unbranched alkanes of at least 4 members (excludes halogenated alkanes) is 8. The minimum Gasteiger partial charge on any atom is -0.478 e. The van der Waals surface area contributed by atoms with Crippen LogP contribution in [-0.2, 0) is 9.59 Å². The Hall–Kier alpha value is -1.58. The number of carboxylic acid groups (broad SMARTS) is 2. The molecule has 0 aliphatic heterocycles. The second-order valence-electron chi connectivity index (χ2n) is 4.53. The number of carboxylic acids is 2. The van der Waals surface area contributed by atoms with Crippen molar-refractivity contribution >= 4 is 11.9 Å². The molecule has 0 aliphatic rings. The van der Waals surface area contributed by atoms with Crippen LogP contribution >= 0.6 is 0 Å². The van der Waals surface area contributed by atoms with Gasteiger partial charge in [-0.15, -0.1) is 0 Å². The fourth-order valence-corrected chi connectivity index (χ4v) is 1.78. The van der Waals surface area contributed by atoms with Gasteiger partial charge in [-0.1, -0.05) is 44.3 Å². The van der Waals surface area contributed by atoms with Crippen LogP contribution in [0.1, 0.15) is 57.8 Å². The molecule has 108 valence electrons. The Kier molecular flexibility index (Phi) is 11.8. The SMILES string of the molecule is O=C(O)/C=C/CCCCCCCCC/C=C/C(=O)O. The number of hydrogen-bond acceptors (Lipinski definition) is 2. The predicted molar refractivity (Wildman–Crippen MR) is 75.1 cm³/mol. The minimum atomic E-state index is -0.878. The van der Waals surface area contributed by atoms with Gasteiger partial charge in [0.15, 0.2) is 0 Å². The van der Waals surface area contributed by atoms with E-state index in [-0.39, 0.29) is 0 Å². The van der Waals surface area contributed by atoms with Crippen LogP contribution in [0.4, 0.5) is 0 Å². The second kappa shape index (κ2) is 12.9. The highest BCUT2D eigenvalue weighted by Gasteiger charge is 1.92. The van der Waals surface area contributed by atoms with Crippen molar-refractivity contribution in [1.29, 1.82) is 0 Å². The van der Waals surface area contributed by atoms with Crippen LogP contribution in [-0.4, -0.2) is 22.2 Å². The molecule has 0 radical (unpaired) electrons. The summed E-state index contributed by atoms with van der Waals surface area (Å²) < 4.78 is 0. The van der Waals surface area contributed by atoms with Gasteiger partial charge in [-0.2, -0.15) is 0 Å². The molecule has 0 unspecified atom stereocenters. The van der Waals surface area contributed by atoms with Gasteiger partial charge in [-0.05, 0) is 25.7 Å². The summed E-state index contributed by atoms with van der Waals surface area (Å²) in [6.07, 6.45) is 15.4. The molecular weight excluding hydrogens is 244 g/mol. The molecule has 2 N–H and O–H groups in total. The number of hydrogen-bond donors (Lipinski definition) is 2. The van der Waals surface area contributed by atoms with Gasteiger partial charge in [0.1, 0.15) is 0 Å². The van der Waals surface area contributed by atoms with E-state index in [9.17, 15) is 9.59 Å². The Morgan fingerprint density at radius 3 is 1.26 bits per heavy atom. The summed E-state index contributed by atoms with van der Waals surface area (Å²) >= 11 is 0. The zero-order valence-electron chi connectivity index (χ0n) is 11.4. The zero-order valence-corrected chi connectivity index (χ0v) is 11.4. The molecule has 0 aromatic heterocycles. The van der Waals surface area contributed by atoms with Gasteiger partial charge in [-0.25, -0.2) is 9.59 Å². The van der Waals surface area contributed by atoms with Gasteiger partial charge in [0.2, 0.25) is 0 Å². The lowest BCUT2D eigenvalue weighted by atomic mass is 10.1. The van der Waals surface area contributed by atoms with Crippen LogP contribution in [0.2, 0.25) is 0 Å². The molecule has 0 aliphatic carbocycles. The number of carbonyl (C=O) groups is 2. The molecule has 0 aromatic rings. The highest BCUT2D eigenvalue weighted by atomic mass is 16.4. The van der Waals surface area contributed by atoms with Crippen LogP contribution in [0, 0.1) is 0 Å². The van der Waals surface area contributed by atoms with Gasteiger partial charge in [0.25, 0.3) is 0 Å². The average molecular weight is 268 g/mol. The first-order valence-corrected chi connectivity index (χ1v) is 6.92. The molecule has 0 fully saturated rings. The first-order valence-electron chi connectivity index (χ1n) is 6.92. The molecule has 0 aromatic carbocycles. The molecular formula is C15H24O4. The summed E-state index contributed by atoms with van der Waals surface area (Å²) in [5.41, 5.74) is 0. The van der Waals surface area contributed by atoms with Crippen LogP contribution in [0.5, 0.6) is 0 Å². The fraction of sp³-hybridized carbons (Fsp3) is 0.600. The molecule has 0 atom stereocenters. The Balaban J connectivity index is 3.15. The van der Waals surface area contributed by atoms with Crippen LogP contribution in [0.3, 0.4) is 0 Å².